The fourth-order valence-electron chi connectivity index (χ4n) is 1.66. The molecule has 0 unspecified atom stereocenters. The molecular formula is C13H13F2N3O2. The molecule has 2 N–H and O–H groups in total. The van der Waals surface area contributed by atoms with Gasteiger partial charge in [-0.1, -0.05) is 0 Å². The molecule has 0 fully saturated rings. The van der Waals surface area contributed by atoms with Crippen LogP contribution in [0.4, 0.5) is 14.5 Å². The van der Waals surface area contributed by atoms with Gasteiger partial charge in [-0.05, 0) is 11.6 Å². The normalized spacial score (nSPS) is 10.6. The number of rotatable bonds is 4. The molecule has 0 aliphatic rings. The average Bonchev–Trinajstić information content (AvgIpc) is 2.79. The van der Waals surface area contributed by atoms with Gasteiger partial charge in [-0.15, -0.1) is 0 Å². The number of anilines is 1. The maximum absolute atomic E-state index is 13.5. The number of aryl methyl sites for hydroxylation is 1. The van der Waals surface area contributed by atoms with Gasteiger partial charge in [-0.3, -0.25) is 4.68 Å². The predicted octanol–water partition coefficient (Wildman–Crippen LogP) is 1.68. The van der Waals surface area contributed by atoms with Crippen LogP contribution in [0.2, 0.25) is 0 Å². The molecule has 2 aromatic rings. The number of nitrogens with two attached hydrogens (primary N) is 1. The number of esters is 1. The number of ether oxygens (including phenoxy) is 1. The Hall–Kier alpha value is -2.44. The first-order valence-corrected chi connectivity index (χ1v) is 5.86. The molecule has 0 amide bonds. The summed E-state index contributed by atoms with van der Waals surface area (Å²) in [6.07, 6.45) is 3.85. The second-order valence-corrected chi connectivity index (χ2v) is 4.26. The van der Waals surface area contributed by atoms with E-state index in [9.17, 15) is 13.6 Å². The van der Waals surface area contributed by atoms with E-state index in [1.165, 1.54) is 0 Å². The number of nitrogens with zero attached hydrogens (tertiary/aromatic N) is 2. The third kappa shape index (κ3) is 3.11. The van der Waals surface area contributed by atoms with Gasteiger partial charge in [-0.25, -0.2) is 13.6 Å². The average molecular weight is 281 g/mol. The topological polar surface area (TPSA) is 70.1 Å². The minimum Gasteiger partial charge on any atom is -0.462 e. The number of halogens is 2. The van der Waals surface area contributed by atoms with Crippen molar-refractivity contribution in [1.29, 1.82) is 0 Å². The summed E-state index contributed by atoms with van der Waals surface area (Å²) in [4.78, 5) is 11.6. The van der Waals surface area contributed by atoms with Crippen molar-refractivity contribution in [2.45, 2.75) is 6.42 Å². The van der Waals surface area contributed by atoms with Crippen molar-refractivity contribution in [1.82, 2.24) is 9.78 Å². The fraction of sp³-hybridized carbons (Fsp3) is 0.231. The van der Waals surface area contributed by atoms with Crippen molar-refractivity contribution in [2.24, 2.45) is 7.05 Å². The highest BCUT2D eigenvalue weighted by molar-refractivity contribution is 5.90. The van der Waals surface area contributed by atoms with E-state index in [2.05, 4.69) is 5.10 Å². The van der Waals surface area contributed by atoms with E-state index in [0.29, 0.717) is 6.42 Å². The number of nitrogen functional groups attached to an aromatic ring is 1. The summed E-state index contributed by atoms with van der Waals surface area (Å²) in [7, 11) is 1.77. The van der Waals surface area contributed by atoms with Crippen molar-refractivity contribution in [3.05, 3.63) is 47.3 Å². The number of benzene rings is 1. The van der Waals surface area contributed by atoms with Gasteiger partial charge in [0.25, 0.3) is 0 Å². The maximum Gasteiger partial charge on any atom is 0.341 e. The zero-order valence-corrected chi connectivity index (χ0v) is 10.8. The van der Waals surface area contributed by atoms with Crippen molar-refractivity contribution in [3.8, 4) is 0 Å². The summed E-state index contributed by atoms with van der Waals surface area (Å²) in [5.41, 5.74) is 5.25. The van der Waals surface area contributed by atoms with Crippen molar-refractivity contribution in [3.63, 3.8) is 0 Å². The van der Waals surface area contributed by atoms with Crippen LogP contribution < -0.4 is 5.73 Å². The van der Waals surface area contributed by atoms with Crippen molar-refractivity contribution in [2.75, 3.05) is 12.3 Å². The lowest BCUT2D eigenvalue weighted by atomic mass is 10.2. The van der Waals surface area contributed by atoms with Crippen LogP contribution in [-0.4, -0.2) is 22.4 Å². The first-order valence-electron chi connectivity index (χ1n) is 5.86. The summed E-state index contributed by atoms with van der Waals surface area (Å²) in [5.74, 6) is -2.69. The Morgan fingerprint density at radius 2 is 2.15 bits per heavy atom. The first kappa shape index (κ1) is 14.0. The Morgan fingerprint density at radius 3 is 2.80 bits per heavy atom. The van der Waals surface area contributed by atoms with Gasteiger partial charge >= 0.3 is 5.97 Å². The molecule has 0 aliphatic carbocycles. The molecule has 1 heterocycles. The Labute approximate surface area is 114 Å². The molecule has 7 heteroatoms. The van der Waals surface area contributed by atoms with E-state index >= 15 is 0 Å². The summed E-state index contributed by atoms with van der Waals surface area (Å²) in [6, 6.07) is 1.49. The summed E-state index contributed by atoms with van der Waals surface area (Å²) >= 11 is 0. The highest BCUT2D eigenvalue weighted by Gasteiger charge is 2.16. The SMILES string of the molecule is Cn1cc(CCOC(=O)c2cc(F)c(N)cc2F)cn1. The van der Waals surface area contributed by atoms with Gasteiger partial charge in [0, 0.05) is 25.7 Å². The number of hydrogen-bond acceptors (Lipinski definition) is 4. The van der Waals surface area contributed by atoms with Gasteiger partial charge in [-0.2, -0.15) is 5.10 Å². The quantitative estimate of drug-likeness (QED) is 0.683. The molecule has 0 atom stereocenters. The zero-order chi connectivity index (χ0) is 14.7. The Morgan fingerprint density at radius 1 is 1.40 bits per heavy atom. The Bertz CT molecular complexity index is 641. The van der Waals surface area contributed by atoms with Crippen LogP contribution >= 0.6 is 0 Å². The smallest absolute Gasteiger partial charge is 0.341 e. The van der Waals surface area contributed by atoms with Crippen molar-refractivity contribution >= 4 is 11.7 Å². The number of carbonyl (C=O) groups is 1. The molecule has 106 valence electrons. The minimum atomic E-state index is -0.926. The highest BCUT2D eigenvalue weighted by atomic mass is 19.1. The molecule has 2 rings (SSSR count). The number of carbonyl (C=O) groups excluding carboxylic acids is 1. The molecule has 0 spiro atoms. The predicted molar refractivity (Wildman–Crippen MR) is 68.0 cm³/mol. The van der Waals surface area contributed by atoms with E-state index in [0.717, 1.165) is 17.7 Å². The van der Waals surface area contributed by atoms with Gasteiger partial charge in [0.2, 0.25) is 0 Å². The molecule has 0 radical (unpaired) electrons. The molecule has 20 heavy (non-hydrogen) atoms. The van der Waals surface area contributed by atoms with Gasteiger partial charge in [0.15, 0.2) is 0 Å². The van der Waals surface area contributed by atoms with E-state index in [4.69, 9.17) is 10.5 Å². The van der Waals surface area contributed by atoms with E-state index in [1.54, 1.807) is 24.1 Å². The van der Waals surface area contributed by atoms with Crippen LogP contribution in [-0.2, 0) is 18.2 Å². The van der Waals surface area contributed by atoms with Crippen LogP contribution in [0, 0.1) is 11.6 Å². The van der Waals surface area contributed by atoms with E-state index in [1.807, 2.05) is 0 Å². The molecule has 0 bridgehead atoms. The van der Waals surface area contributed by atoms with Crippen molar-refractivity contribution < 1.29 is 18.3 Å². The zero-order valence-electron chi connectivity index (χ0n) is 10.8. The van der Waals surface area contributed by atoms with Gasteiger partial charge in [0.05, 0.1) is 24.1 Å². The van der Waals surface area contributed by atoms with E-state index < -0.39 is 23.2 Å². The Kier molecular flexibility index (Phi) is 3.97. The largest absolute Gasteiger partial charge is 0.462 e. The van der Waals surface area contributed by atoms with Crippen LogP contribution in [0.25, 0.3) is 0 Å². The lowest BCUT2D eigenvalue weighted by Gasteiger charge is -2.06. The molecule has 0 aliphatic heterocycles. The standard InChI is InChI=1S/C13H13F2N3O2/c1-18-7-8(6-17-18)2-3-20-13(19)9-4-11(15)12(16)5-10(9)14/h4-7H,2-3,16H2,1H3. The molecule has 0 saturated carbocycles. The van der Waals surface area contributed by atoms with Gasteiger partial charge < -0.3 is 10.5 Å². The fourth-order valence-corrected chi connectivity index (χ4v) is 1.66. The first-order chi connectivity index (χ1) is 9.47. The maximum atomic E-state index is 13.5. The molecule has 1 aromatic carbocycles. The highest BCUT2D eigenvalue weighted by Crippen LogP contribution is 2.17. The minimum absolute atomic E-state index is 0.0515. The molecule has 0 saturated heterocycles. The van der Waals surface area contributed by atoms with Crippen LogP contribution in [0.15, 0.2) is 24.5 Å². The third-order valence-corrected chi connectivity index (χ3v) is 2.69. The van der Waals surface area contributed by atoms with E-state index in [-0.39, 0.29) is 12.3 Å². The van der Waals surface area contributed by atoms with Gasteiger partial charge in [0.1, 0.15) is 11.6 Å². The summed E-state index contributed by atoms with van der Waals surface area (Å²) < 4.78 is 33.2. The Balaban J connectivity index is 1.97. The number of hydrogen-bond donors (Lipinski definition) is 1. The lowest BCUT2D eigenvalue weighted by Crippen LogP contribution is -2.11. The molecule has 5 nitrogen and oxygen atoms in total. The second kappa shape index (κ2) is 5.68. The lowest BCUT2D eigenvalue weighted by molar-refractivity contribution is 0.0503. The van der Waals surface area contributed by atoms with Crippen LogP contribution in [0.1, 0.15) is 15.9 Å². The summed E-state index contributed by atoms with van der Waals surface area (Å²) in [6.45, 7) is 0.0515. The van der Waals surface area contributed by atoms with Crippen LogP contribution in [0.3, 0.4) is 0 Å². The molecule has 1 aromatic heterocycles. The monoisotopic (exact) mass is 281 g/mol. The number of aromatic nitrogens is 2. The molecular weight excluding hydrogens is 268 g/mol. The van der Waals surface area contributed by atoms with Crippen LogP contribution in [0.5, 0.6) is 0 Å². The third-order valence-electron chi connectivity index (χ3n) is 2.69. The second-order valence-electron chi connectivity index (χ2n) is 4.26. The summed E-state index contributed by atoms with van der Waals surface area (Å²) in [5, 5.41) is 3.96.